The third kappa shape index (κ3) is 3.46. The molecule has 2 aromatic rings. The van der Waals surface area contributed by atoms with Crippen LogP contribution in [0.4, 0.5) is 14.9 Å². The molecule has 0 bridgehead atoms. The summed E-state index contributed by atoms with van der Waals surface area (Å²) in [6.45, 7) is 4.73. The van der Waals surface area contributed by atoms with E-state index in [1.54, 1.807) is 36.1 Å². The number of phenols is 1. The van der Waals surface area contributed by atoms with E-state index >= 15 is 0 Å². The zero-order valence-corrected chi connectivity index (χ0v) is 14.5. The molecule has 0 aliphatic carbocycles. The molecule has 1 fully saturated rings. The first-order chi connectivity index (χ1) is 12.4. The Hall–Kier alpha value is -3.09. The molecule has 7 heteroatoms. The van der Waals surface area contributed by atoms with Crippen molar-refractivity contribution >= 4 is 17.6 Å². The normalized spacial score (nSPS) is 14.9. The number of halogens is 1. The third-order valence-corrected chi connectivity index (χ3v) is 4.44. The molecule has 1 saturated heterocycles. The number of carbonyl (C=O) groups excluding carboxylic acids is 2. The molecule has 1 unspecified atom stereocenters. The number of hydrogen-bond donors (Lipinski definition) is 3. The maximum absolute atomic E-state index is 13.5. The molecule has 0 saturated carbocycles. The van der Waals surface area contributed by atoms with Crippen molar-refractivity contribution in [2.75, 3.05) is 18.0 Å². The van der Waals surface area contributed by atoms with Gasteiger partial charge in [-0.25, -0.2) is 9.18 Å². The SMILES string of the molecule is Cc1ccc(C(=O)NC(C)c2ccc(O)c(F)c2)cc1N1CCNC1=O. The van der Waals surface area contributed by atoms with E-state index in [1.807, 2.05) is 6.92 Å². The first-order valence-corrected chi connectivity index (χ1v) is 8.32. The summed E-state index contributed by atoms with van der Waals surface area (Å²) in [5.41, 5.74) is 2.54. The van der Waals surface area contributed by atoms with Gasteiger partial charge in [0, 0.05) is 24.3 Å². The number of urea groups is 1. The van der Waals surface area contributed by atoms with E-state index in [1.165, 1.54) is 12.1 Å². The predicted molar refractivity (Wildman–Crippen MR) is 95.9 cm³/mol. The molecule has 3 rings (SSSR count). The van der Waals surface area contributed by atoms with Gasteiger partial charge in [-0.05, 0) is 49.2 Å². The number of rotatable bonds is 4. The van der Waals surface area contributed by atoms with Crippen molar-refractivity contribution in [1.82, 2.24) is 10.6 Å². The highest BCUT2D eigenvalue weighted by Gasteiger charge is 2.23. The molecule has 1 heterocycles. The number of anilines is 1. The van der Waals surface area contributed by atoms with Crippen molar-refractivity contribution < 1.29 is 19.1 Å². The minimum atomic E-state index is -0.735. The first kappa shape index (κ1) is 17.7. The standard InChI is InChI=1S/C19H20FN3O3/c1-11-3-4-14(10-16(11)23-8-7-21-19(23)26)18(25)22-12(2)13-5-6-17(24)15(20)9-13/h3-6,9-10,12,24H,7-8H2,1-2H3,(H,21,26)(H,22,25). The van der Waals surface area contributed by atoms with Gasteiger partial charge >= 0.3 is 6.03 Å². The zero-order valence-electron chi connectivity index (χ0n) is 14.5. The van der Waals surface area contributed by atoms with E-state index in [9.17, 15) is 19.1 Å². The highest BCUT2D eigenvalue weighted by atomic mass is 19.1. The lowest BCUT2D eigenvalue weighted by molar-refractivity contribution is 0.0939. The minimum Gasteiger partial charge on any atom is -0.505 e. The van der Waals surface area contributed by atoms with Crippen LogP contribution < -0.4 is 15.5 Å². The van der Waals surface area contributed by atoms with Crippen LogP contribution in [-0.2, 0) is 0 Å². The molecule has 26 heavy (non-hydrogen) atoms. The highest BCUT2D eigenvalue weighted by molar-refractivity contribution is 5.99. The number of phenolic OH excluding ortho intramolecular Hbond substituents is 1. The fourth-order valence-corrected chi connectivity index (χ4v) is 2.90. The lowest BCUT2D eigenvalue weighted by Gasteiger charge is -2.19. The van der Waals surface area contributed by atoms with Crippen LogP contribution in [-0.4, -0.2) is 30.1 Å². The Bertz CT molecular complexity index is 869. The molecular formula is C19H20FN3O3. The topological polar surface area (TPSA) is 81.7 Å². The van der Waals surface area contributed by atoms with Gasteiger partial charge in [-0.3, -0.25) is 9.69 Å². The van der Waals surface area contributed by atoms with Gasteiger partial charge in [0.25, 0.3) is 5.91 Å². The quantitative estimate of drug-likeness (QED) is 0.787. The number of nitrogens with zero attached hydrogens (tertiary/aromatic N) is 1. The van der Waals surface area contributed by atoms with Crippen molar-refractivity contribution in [3.05, 3.63) is 58.9 Å². The number of aryl methyl sites for hydroxylation is 1. The number of aromatic hydroxyl groups is 1. The van der Waals surface area contributed by atoms with Gasteiger partial charge in [-0.2, -0.15) is 0 Å². The number of nitrogens with one attached hydrogen (secondary N) is 2. The minimum absolute atomic E-state index is 0.182. The molecule has 3 amide bonds. The van der Waals surface area contributed by atoms with Crippen molar-refractivity contribution in [2.24, 2.45) is 0 Å². The van der Waals surface area contributed by atoms with E-state index in [0.717, 1.165) is 5.56 Å². The molecule has 0 spiro atoms. The van der Waals surface area contributed by atoms with Crippen molar-refractivity contribution in [2.45, 2.75) is 19.9 Å². The van der Waals surface area contributed by atoms with Gasteiger partial charge in [-0.15, -0.1) is 0 Å². The summed E-state index contributed by atoms with van der Waals surface area (Å²) >= 11 is 0. The van der Waals surface area contributed by atoms with Crippen LogP contribution in [0.2, 0.25) is 0 Å². The monoisotopic (exact) mass is 357 g/mol. The zero-order chi connectivity index (χ0) is 18.8. The fraction of sp³-hybridized carbons (Fsp3) is 0.263. The summed E-state index contributed by atoms with van der Waals surface area (Å²) in [7, 11) is 0. The van der Waals surface area contributed by atoms with Gasteiger partial charge in [-0.1, -0.05) is 12.1 Å². The van der Waals surface area contributed by atoms with Gasteiger partial charge in [0.05, 0.1) is 6.04 Å². The molecule has 6 nitrogen and oxygen atoms in total. The molecule has 0 radical (unpaired) electrons. The summed E-state index contributed by atoms with van der Waals surface area (Å²) in [5.74, 6) is -1.49. The summed E-state index contributed by atoms with van der Waals surface area (Å²) in [4.78, 5) is 26.1. The number of hydrogen-bond acceptors (Lipinski definition) is 3. The number of carbonyl (C=O) groups is 2. The molecule has 1 atom stereocenters. The number of amides is 3. The lowest BCUT2D eigenvalue weighted by atomic mass is 10.1. The Morgan fingerprint density at radius 3 is 2.73 bits per heavy atom. The van der Waals surface area contributed by atoms with Crippen LogP contribution in [0, 0.1) is 12.7 Å². The predicted octanol–water partition coefficient (Wildman–Crippen LogP) is 2.86. The fourth-order valence-electron chi connectivity index (χ4n) is 2.90. The summed E-state index contributed by atoms with van der Waals surface area (Å²) in [6, 6.07) is 8.53. The van der Waals surface area contributed by atoms with Crippen LogP contribution in [0.3, 0.4) is 0 Å². The Labute approximate surface area is 150 Å². The molecule has 1 aliphatic rings. The van der Waals surface area contributed by atoms with Gasteiger partial charge in [0.1, 0.15) is 0 Å². The second-order valence-electron chi connectivity index (χ2n) is 6.29. The van der Waals surface area contributed by atoms with Crippen LogP contribution in [0.5, 0.6) is 5.75 Å². The molecule has 136 valence electrons. The van der Waals surface area contributed by atoms with E-state index in [0.29, 0.717) is 29.9 Å². The molecule has 0 aromatic heterocycles. The maximum atomic E-state index is 13.5. The Kier molecular flexibility index (Phi) is 4.79. The van der Waals surface area contributed by atoms with E-state index in [2.05, 4.69) is 10.6 Å². The third-order valence-electron chi connectivity index (χ3n) is 4.44. The average molecular weight is 357 g/mol. The number of benzene rings is 2. The Morgan fingerprint density at radius 1 is 1.31 bits per heavy atom. The molecule has 3 N–H and O–H groups in total. The van der Waals surface area contributed by atoms with Gasteiger partial charge in [0.15, 0.2) is 11.6 Å². The van der Waals surface area contributed by atoms with Gasteiger partial charge < -0.3 is 15.7 Å². The summed E-state index contributed by atoms with van der Waals surface area (Å²) < 4.78 is 13.5. The smallest absolute Gasteiger partial charge is 0.322 e. The van der Waals surface area contributed by atoms with Crippen LogP contribution >= 0.6 is 0 Å². The molecule has 2 aromatic carbocycles. The van der Waals surface area contributed by atoms with E-state index < -0.39 is 17.6 Å². The first-order valence-electron chi connectivity index (χ1n) is 8.32. The largest absolute Gasteiger partial charge is 0.505 e. The Morgan fingerprint density at radius 2 is 2.08 bits per heavy atom. The highest BCUT2D eigenvalue weighted by Crippen LogP contribution is 2.24. The molecular weight excluding hydrogens is 337 g/mol. The second kappa shape index (κ2) is 7.03. The average Bonchev–Trinajstić information content (AvgIpc) is 3.03. The summed E-state index contributed by atoms with van der Waals surface area (Å²) in [5, 5.41) is 14.8. The van der Waals surface area contributed by atoms with Crippen molar-refractivity contribution in [3.8, 4) is 5.75 Å². The van der Waals surface area contributed by atoms with Crippen molar-refractivity contribution in [1.29, 1.82) is 0 Å². The van der Waals surface area contributed by atoms with Gasteiger partial charge in [0.2, 0.25) is 0 Å². The van der Waals surface area contributed by atoms with Crippen LogP contribution in [0.15, 0.2) is 36.4 Å². The van der Waals surface area contributed by atoms with Crippen LogP contribution in [0.1, 0.15) is 34.5 Å². The summed E-state index contributed by atoms with van der Waals surface area (Å²) in [6.07, 6.45) is 0. The second-order valence-corrected chi connectivity index (χ2v) is 6.29. The van der Waals surface area contributed by atoms with Crippen molar-refractivity contribution in [3.63, 3.8) is 0 Å². The molecule has 1 aliphatic heterocycles. The maximum Gasteiger partial charge on any atom is 0.322 e. The van der Waals surface area contributed by atoms with E-state index in [-0.39, 0.29) is 11.9 Å². The lowest BCUT2D eigenvalue weighted by Crippen LogP contribution is -2.30. The van der Waals surface area contributed by atoms with E-state index in [4.69, 9.17) is 0 Å². The van der Waals surface area contributed by atoms with Crippen LogP contribution in [0.25, 0.3) is 0 Å². The Balaban J connectivity index is 1.79.